The first-order valence-electron chi connectivity index (χ1n) is 7.43. The highest BCUT2D eigenvalue weighted by Gasteiger charge is 2.40. The molecule has 3 nitrogen and oxygen atoms in total. The van der Waals surface area contributed by atoms with Crippen LogP contribution in [0, 0.1) is 11.8 Å². The van der Waals surface area contributed by atoms with Crippen LogP contribution in [0.1, 0.15) is 47.2 Å². The summed E-state index contributed by atoms with van der Waals surface area (Å²) in [5, 5.41) is 6.58. The average Bonchev–Trinajstić information content (AvgIpc) is 3.13. The minimum absolute atomic E-state index is 0. The van der Waals surface area contributed by atoms with Gasteiger partial charge in [-0.05, 0) is 54.4 Å². The van der Waals surface area contributed by atoms with Gasteiger partial charge in [-0.2, -0.15) is 0 Å². The second-order valence-corrected chi connectivity index (χ2v) is 6.34. The first kappa shape index (κ1) is 13.9. The van der Waals surface area contributed by atoms with Gasteiger partial charge in [-0.25, -0.2) is 0 Å². The largest absolute Gasteiger partial charge is 0.349 e. The van der Waals surface area contributed by atoms with E-state index in [-0.39, 0.29) is 18.3 Å². The monoisotopic (exact) mass is 292 g/mol. The molecule has 108 valence electrons. The third-order valence-corrected chi connectivity index (χ3v) is 5.15. The van der Waals surface area contributed by atoms with Crippen molar-refractivity contribution < 1.29 is 4.79 Å². The van der Waals surface area contributed by atoms with Gasteiger partial charge in [0.15, 0.2) is 0 Å². The first-order chi connectivity index (χ1) is 9.29. The Morgan fingerprint density at radius 2 is 2.00 bits per heavy atom. The first-order valence-corrected chi connectivity index (χ1v) is 7.43. The van der Waals surface area contributed by atoms with E-state index in [0.29, 0.717) is 6.04 Å². The van der Waals surface area contributed by atoms with Crippen LogP contribution in [0.2, 0.25) is 0 Å². The zero-order chi connectivity index (χ0) is 12.8. The summed E-state index contributed by atoms with van der Waals surface area (Å²) in [5.74, 6) is 1.73. The molecule has 2 saturated carbocycles. The van der Waals surface area contributed by atoms with Crippen LogP contribution in [0.25, 0.3) is 0 Å². The Kier molecular flexibility index (Phi) is 3.74. The molecular formula is C16H21ClN2O. The minimum Gasteiger partial charge on any atom is -0.349 e. The van der Waals surface area contributed by atoms with Crippen LogP contribution < -0.4 is 10.6 Å². The van der Waals surface area contributed by atoms with Gasteiger partial charge in [0, 0.05) is 24.7 Å². The molecule has 2 bridgehead atoms. The lowest BCUT2D eigenvalue weighted by molar-refractivity contribution is 0.0923. The van der Waals surface area contributed by atoms with Crippen molar-refractivity contribution in [1.29, 1.82) is 0 Å². The van der Waals surface area contributed by atoms with Gasteiger partial charge >= 0.3 is 0 Å². The Balaban J connectivity index is 0.00000121. The van der Waals surface area contributed by atoms with E-state index >= 15 is 0 Å². The molecule has 3 unspecified atom stereocenters. The normalized spacial score (nSPS) is 29.9. The summed E-state index contributed by atoms with van der Waals surface area (Å²) in [7, 11) is 0. The van der Waals surface area contributed by atoms with Crippen LogP contribution in [0.5, 0.6) is 0 Å². The summed E-state index contributed by atoms with van der Waals surface area (Å²) in [6.07, 6.45) is 5.22. The van der Waals surface area contributed by atoms with E-state index in [1.54, 1.807) is 0 Å². The highest BCUT2D eigenvalue weighted by molar-refractivity contribution is 5.94. The Labute approximate surface area is 125 Å². The fourth-order valence-electron chi connectivity index (χ4n) is 4.11. The molecule has 1 aliphatic heterocycles. The molecule has 2 N–H and O–H groups in total. The Morgan fingerprint density at radius 1 is 1.15 bits per heavy atom. The summed E-state index contributed by atoms with van der Waals surface area (Å²) < 4.78 is 0. The van der Waals surface area contributed by atoms with Gasteiger partial charge in [0.2, 0.25) is 0 Å². The lowest BCUT2D eigenvalue weighted by Gasteiger charge is -2.23. The Morgan fingerprint density at radius 3 is 2.75 bits per heavy atom. The van der Waals surface area contributed by atoms with Crippen LogP contribution >= 0.6 is 12.4 Å². The fourth-order valence-corrected chi connectivity index (χ4v) is 4.11. The van der Waals surface area contributed by atoms with Crippen LogP contribution in [-0.2, 0) is 13.1 Å². The SMILES string of the molecule is Cl.O=C(NC1CC2CCC1C2)c1ccc2c(c1)CNC2. The summed E-state index contributed by atoms with van der Waals surface area (Å²) in [6, 6.07) is 6.54. The number of hydrogen-bond donors (Lipinski definition) is 2. The molecule has 4 rings (SSSR count). The number of fused-ring (bicyclic) bond motifs is 3. The van der Waals surface area contributed by atoms with Crippen LogP contribution in [0.15, 0.2) is 18.2 Å². The molecule has 1 aromatic carbocycles. The maximum atomic E-state index is 12.3. The average molecular weight is 293 g/mol. The zero-order valence-corrected chi connectivity index (χ0v) is 12.3. The molecule has 1 heterocycles. The number of halogens is 1. The molecule has 0 aromatic heterocycles. The van der Waals surface area contributed by atoms with E-state index in [1.165, 1.54) is 36.8 Å². The second kappa shape index (κ2) is 5.38. The van der Waals surface area contributed by atoms with Gasteiger partial charge in [-0.1, -0.05) is 12.5 Å². The van der Waals surface area contributed by atoms with Crippen molar-refractivity contribution in [3.8, 4) is 0 Å². The third kappa shape index (κ3) is 2.33. The number of nitrogens with one attached hydrogen (secondary N) is 2. The highest BCUT2D eigenvalue weighted by atomic mass is 35.5. The van der Waals surface area contributed by atoms with Gasteiger partial charge < -0.3 is 10.6 Å². The van der Waals surface area contributed by atoms with Gasteiger partial charge in [0.25, 0.3) is 5.91 Å². The maximum absolute atomic E-state index is 12.3. The molecule has 1 aromatic rings. The standard InChI is InChI=1S/C16H20N2O.ClH/c19-16(18-15-6-10-1-2-11(15)5-10)12-3-4-13-8-17-9-14(13)7-12;/h3-4,7,10-11,15,17H,1-2,5-6,8-9H2,(H,18,19);1H. The molecule has 0 radical (unpaired) electrons. The molecular weight excluding hydrogens is 272 g/mol. The number of carbonyl (C=O) groups is 1. The molecule has 2 fully saturated rings. The molecule has 2 aliphatic carbocycles. The summed E-state index contributed by atoms with van der Waals surface area (Å²) in [6.45, 7) is 1.83. The number of amides is 1. The smallest absolute Gasteiger partial charge is 0.251 e. The van der Waals surface area contributed by atoms with Crippen LogP contribution in [0.3, 0.4) is 0 Å². The Hall–Kier alpha value is -1.06. The highest BCUT2D eigenvalue weighted by Crippen LogP contribution is 2.44. The van der Waals surface area contributed by atoms with E-state index in [9.17, 15) is 4.79 Å². The molecule has 3 aliphatic rings. The van der Waals surface area contributed by atoms with E-state index in [2.05, 4.69) is 22.8 Å². The molecule has 0 spiro atoms. The lowest BCUT2D eigenvalue weighted by Crippen LogP contribution is -2.38. The number of rotatable bonds is 2. The maximum Gasteiger partial charge on any atom is 0.251 e. The fraction of sp³-hybridized carbons (Fsp3) is 0.562. The summed E-state index contributed by atoms with van der Waals surface area (Å²) in [5.41, 5.74) is 3.43. The summed E-state index contributed by atoms with van der Waals surface area (Å²) >= 11 is 0. The van der Waals surface area contributed by atoms with E-state index in [0.717, 1.165) is 30.5 Å². The minimum atomic E-state index is 0. The quantitative estimate of drug-likeness (QED) is 0.880. The Bertz CT molecular complexity index is 531. The van der Waals surface area contributed by atoms with E-state index < -0.39 is 0 Å². The second-order valence-electron chi connectivity index (χ2n) is 6.34. The third-order valence-electron chi connectivity index (χ3n) is 5.15. The number of benzene rings is 1. The predicted octanol–water partition coefficient (Wildman–Crippen LogP) is 2.63. The van der Waals surface area contributed by atoms with Crippen molar-refractivity contribution in [3.05, 3.63) is 34.9 Å². The molecule has 3 atom stereocenters. The van der Waals surface area contributed by atoms with E-state index in [4.69, 9.17) is 0 Å². The van der Waals surface area contributed by atoms with Crippen molar-refractivity contribution in [1.82, 2.24) is 10.6 Å². The van der Waals surface area contributed by atoms with Crippen molar-refractivity contribution in [2.45, 2.75) is 44.8 Å². The van der Waals surface area contributed by atoms with Gasteiger partial charge in [0.05, 0.1) is 0 Å². The van der Waals surface area contributed by atoms with Gasteiger partial charge in [-0.15, -0.1) is 12.4 Å². The topological polar surface area (TPSA) is 41.1 Å². The van der Waals surface area contributed by atoms with Crippen LogP contribution in [-0.4, -0.2) is 11.9 Å². The molecule has 0 saturated heterocycles. The van der Waals surface area contributed by atoms with Crippen molar-refractivity contribution in [2.24, 2.45) is 11.8 Å². The molecule has 1 amide bonds. The summed E-state index contributed by atoms with van der Waals surface area (Å²) in [4.78, 5) is 12.3. The van der Waals surface area contributed by atoms with E-state index in [1.807, 2.05) is 6.07 Å². The van der Waals surface area contributed by atoms with Gasteiger partial charge in [0.1, 0.15) is 0 Å². The predicted molar refractivity (Wildman–Crippen MR) is 80.9 cm³/mol. The van der Waals surface area contributed by atoms with Gasteiger partial charge in [-0.3, -0.25) is 4.79 Å². The lowest BCUT2D eigenvalue weighted by atomic mass is 9.95. The van der Waals surface area contributed by atoms with Crippen molar-refractivity contribution >= 4 is 18.3 Å². The number of hydrogen-bond acceptors (Lipinski definition) is 2. The number of carbonyl (C=O) groups excluding carboxylic acids is 1. The van der Waals surface area contributed by atoms with Crippen molar-refractivity contribution in [2.75, 3.05) is 0 Å². The van der Waals surface area contributed by atoms with Crippen molar-refractivity contribution in [3.63, 3.8) is 0 Å². The molecule has 20 heavy (non-hydrogen) atoms. The molecule has 4 heteroatoms. The van der Waals surface area contributed by atoms with Crippen LogP contribution in [0.4, 0.5) is 0 Å². The zero-order valence-electron chi connectivity index (χ0n) is 11.5.